The van der Waals surface area contributed by atoms with Crippen LogP contribution < -0.4 is 0 Å². The van der Waals surface area contributed by atoms with E-state index in [9.17, 15) is 13.2 Å². The first-order valence-corrected chi connectivity index (χ1v) is 4.96. The quantitative estimate of drug-likeness (QED) is 0.637. The van der Waals surface area contributed by atoms with E-state index in [0.29, 0.717) is 5.39 Å². The highest BCUT2D eigenvalue weighted by molar-refractivity contribution is 6.32. The number of pyridine rings is 1. The van der Waals surface area contributed by atoms with Gasteiger partial charge in [-0.3, -0.25) is 0 Å². The Morgan fingerprint density at radius 3 is 2.38 bits per heavy atom. The lowest BCUT2D eigenvalue weighted by atomic mass is 10.1. The van der Waals surface area contributed by atoms with Gasteiger partial charge in [0.05, 0.1) is 11.1 Å². The molecule has 1 aromatic heterocycles. The van der Waals surface area contributed by atoms with Gasteiger partial charge in [0.15, 0.2) is 0 Å². The van der Waals surface area contributed by atoms with E-state index >= 15 is 0 Å². The largest absolute Gasteiger partial charge is 0.418 e. The van der Waals surface area contributed by atoms with Crippen LogP contribution in [0.1, 0.15) is 5.56 Å². The van der Waals surface area contributed by atoms with Crippen LogP contribution in [0.4, 0.5) is 13.2 Å². The fourth-order valence-corrected chi connectivity index (χ4v) is 1.77. The second-order valence-electron chi connectivity index (χ2n) is 3.16. The summed E-state index contributed by atoms with van der Waals surface area (Å²) < 4.78 is 38.1. The predicted molar refractivity (Wildman–Crippen MR) is 56.8 cm³/mol. The molecule has 0 aliphatic heterocycles. The van der Waals surface area contributed by atoms with Gasteiger partial charge in [0.25, 0.3) is 0 Å². The van der Waals surface area contributed by atoms with Crippen LogP contribution in [0.25, 0.3) is 10.9 Å². The third kappa shape index (κ3) is 2.08. The van der Waals surface area contributed by atoms with E-state index in [1.807, 2.05) is 0 Å². The van der Waals surface area contributed by atoms with Crippen LogP contribution in [-0.2, 0) is 6.18 Å². The number of hydrogen-bond acceptors (Lipinski definition) is 1. The summed E-state index contributed by atoms with van der Waals surface area (Å²) in [7, 11) is 0. The number of rotatable bonds is 0. The Morgan fingerprint density at radius 2 is 1.75 bits per heavy atom. The molecule has 6 heteroatoms. The molecule has 0 radical (unpaired) electrons. The predicted octanol–water partition coefficient (Wildman–Crippen LogP) is 4.56. The van der Waals surface area contributed by atoms with Gasteiger partial charge < -0.3 is 0 Å². The van der Waals surface area contributed by atoms with Crippen LogP contribution in [0.15, 0.2) is 24.3 Å². The summed E-state index contributed by atoms with van der Waals surface area (Å²) in [6.07, 6.45) is -4.50. The van der Waals surface area contributed by atoms with Crippen LogP contribution in [0.5, 0.6) is 0 Å². The van der Waals surface area contributed by atoms with Gasteiger partial charge in [-0.1, -0.05) is 23.2 Å². The van der Waals surface area contributed by atoms with Gasteiger partial charge in [0.1, 0.15) is 5.15 Å². The Balaban J connectivity index is 2.85. The van der Waals surface area contributed by atoms with Crippen molar-refractivity contribution in [2.24, 2.45) is 0 Å². The molecule has 0 fully saturated rings. The minimum atomic E-state index is -4.50. The molecular weight excluding hydrogens is 262 g/mol. The molecule has 84 valence electrons. The summed E-state index contributed by atoms with van der Waals surface area (Å²) in [4.78, 5) is 3.67. The molecule has 0 N–H and O–H groups in total. The van der Waals surface area contributed by atoms with Crippen LogP contribution in [-0.4, -0.2) is 4.98 Å². The topological polar surface area (TPSA) is 12.9 Å². The molecule has 1 heterocycles. The second kappa shape index (κ2) is 3.79. The van der Waals surface area contributed by atoms with Crippen molar-refractivity contribution in [3.8, 4) is 0 Å². The zero-order chi connectivity index (χ0) is 11.9. The van der Waals surface area contributed by atoms with E-state index in [1.54, 1.807) is 0 Å². The first-order chi connectivity index (χ1) is 7.38. The minimum absolute atomic E-state index is 0.0142. The monoisotopic (exact) mass is 265 g/mol. The van der Waals surface area contributed by atoms with Crippen LogP contribution in [0.3, 0.4) is 0 Å². The van der Waals surface area contributed by atoms with Crippen LogP contribution in [0.2, 0.25) is 10.2 Å². The van der Waals surface area contributed by atoms with Crippen molar-refractivity contribution in [2.75, 3.05) is 0 Å². The number of nitrogens with zero attached hydrogens (tertiary/aromatic N) is 1. The van der Waals surface area contributed by atoms with E-state index in [0.717, 1.165) is 6.07 Å². The summed E-state index contributed by atoms with van der Waals surface area (Å²) in [5, 5.41) is 0.341. The Hall–Kier alpha value is -1.00. The molecule has 0 amide bonds. The summed E-state index contributed by atoms with van der Waals surface area (Å²) in [6, 6.07) is 5.12. The average Bonchev–Trinajstić information content (AvgIpc) is 2.16. The molecule has 0 saturated heterocycles. The summed E-state index contributed by atoms with van der Waals surface area (Å²) in [5.74, 6) is 0. The average molecular weight is 266 g/mol. The number of alkyl halides is 3. The van der Waals surface area contributed by atoms with Crippen LogP contribution in [0, 0.1) is 0 Å². The molecule has 0 spiro atoms. The zero-order valence-electron chi connectivity index (χ0n) is 7.65. The number of benzene rings is 1. The van der Waals surface area contributed by atoms with Crippen molar-refractivity contribution in [1.82, 2.24) is 4.98 Å². The molecule has 0 aliphatic rings. The van der Waals surface area contributed by atoms with Crippen molar-refractivity contribution in [3.63, 3.8) is 0 Å². The van der Waals surface area contributed by atoms with Crippen molar-refractivity contribution >= 4 is 34.1 Å². The van der Waals surface area contributed by atoms with Gasteiger partial charge in [-0.05, 0) is 24.3 Å². The maximum atomic E-state index is 12.7. The Labute approximate surface area is 98.8 Å². The SMILES string of the molecule is FC(F)(F)c1cc(Cl)cc2ccc(Cl)nc12. The molecule has 0 bridgehead atoms. The van der Waals surface area contributed by atoms with E-state index < -0.39 is 11.7 Å². The number of halogens is 5. The van der Waals surface area contributed by atoms with Gasteiger partial charge in [-0.15, -0.1) is 0 Å². The normalized spacial score (nSPS) is 12.1. The fourth-order valence-electron chi connectivity index (χ4n) is 1.39. The molecule has 1 aromatic carbocycles. The molecular formula is C10H4Cl2F3N. The maximum Gasteiger partial charge on any atom is 0.418 e. The van der Waals surface area contributed by atoms with Crippen molar-refractivity contribution < 1.29 is 13.2 Å². The molecule has 0 aliphatic carbocycles. The van der Waals surface area contributed by atoms with E-state index in [1.165, 1.54) is 18.2 Å². The molecule has 2 aromatic rings. The third-order valence-electron chi connectivity index (χ3n) is 2.03. The van der Waals surface area contributed by atoms with Crippen LogP contribution >= 0.6 is 23.2 Å². The van der Waals surface area contributed by atoms with Crippen molar-refractivity contribution in [2.45, 2.75) is 6.18 Å². The molecule has 16 heavy (non-hydrogen) atoms. The lowest BCUT2D eigenvalue weighted by Gasteiger charge is -2.10. The first-order valence-electron chi connectivity index (χ1n) is 4.21. The van der Waals surface area contributed by atoms with E-state index in [4.69, 9.17) is 23.2 Å². The van der Waals surface area contributed by atoms with Crippen molar-refractivity contribution in [3.05, 3.63) is 40.0 Å². The Kier molecular flexibility index (Phi) is 2.72. The number of hydrogen-bond donors (Lipinski definition) is 0. The molecule has 0 atom stereocenters. The molecule has 1 nitrogen and oxygen atoms in total. The fraction of sp³-hybridized carbons (Fsp3) is 0.100. The molecule has 0 unspecified atom stereocenters. The highest BCUT2D eigenvalue weighted by Gasteiger charge is 2.33. The second-order valence-corrected chi connectivity index (χ2v) is 3.98. The third-order valence-corrected chi connectivity index (χ3v) is 2.46. The van der Waals surface area contributed by atoms with Crippen molar-refractivity contribution in [1.29, 1.82) is 0 Å². The number of fused-ring (bicyclic) bond motifs is 1. The lowest BCUT2D eigenvalue weighted by Crippen LogP contribution is -2.06. The smallest absolute Gasteiger partial charge is 0.235 e. The van der Waals surface area contributed by atoms with E-state index in [2.05, 4.69) is 4.98 Å². The van der Waals surface area contributed by atoms with Gasteiger partial charge in [-0.25, -0.2) is 4.98 Å². The molecule has 0 saturated carbocycles. The molecule has 2 rings (SSSR count). The standard InChI is InChI=1S/C10H4Cl2F3N/c11-6-3-5-1-2-8(12)16-9(5)7(4-6)10(13,14)15/h1-4H. The summed E-state index contributed by atoms with van der Waals surface area (Å²) in [6.45, 7) is 0. The Morgan fingerprint density at radius 1 is 1.06 bits per heavy atom. The van der Waals surface area contributed by atoms with Gasteiger partial charge in [0, 0.05) is 10.4 Å². The highest BCUT2D eigenvalue weighted by atomic mass is 35.5. The lowest BCUT2D eigenvalue weighted by molar-refractivity contribution is -0.136. The maximum absolute atomic E-state index is 12.7. The minimum Gasteiger partial charge on any atom is -0.235 e. The summed E-state index contributed by atoms with van der Waals surface area (Å²) in [5.41, 5.74) is -1.07. The zero-order valence-corrected chi connectivity index (χ0v) is 9.16. The van der Waals surface area contributed by atoms with Gasteiger partial charge in [-0.2, -0.15) is 13.2 Å². The summed E-state index contributed by atoms with van der Waals surface area (Å²) >= 11 is 11.2. The van der Waals surface area contributed by atoms with E-state index in [-0.39, 0.29) is 15.7 Å². The highest BCUT2D eigenvalue weighted by Crippen LogP contribution is 2.36. The van der Waals surface area contributed by atoms with Gasteiger partial charge >= 0.3 is 6.18 Å². The number of aromatic nitrogens is 1. The Bertz CT molecular complexity index is 551. The van der Waals surface area contributed by atoms with Gasteiger partial charge in [0.2, 0.25) is 0 Å². The first kappa shape index (κ1) is 11.5.